The summed E-state index contributed by atoms with van der Waals surface area (Å²) in [5.41, 5.74) is 1.18. The van der Waals surface area contributed by atoms with Crippen LogP contribution in [0.15, 0.2) is 24.3 Å². The van der Waals surface area contributed by atoms with Gasteiger partial charge >= 0.3 is 0 Å². The molecule has 0 aliphatic rings. The minimum Gasteiger partial charge on any atom is -0.497 e. The highest BCUT2D eigenvalue weighted by molar-refractivity contribution is 14.1. The Labute approximate surface area is 104 Å². The number of benzene rings is 1. The van der Waals surface area contributed by atoms with E-state index in [4.69, 9.17) is 4.74 Å². The molecule has 0 spiro atoms. The van der Waals surface area contributed by atoms with Crippen molar-refractivity contribution in [1.29, 1.82) is 0 Å². The number of Topliss-reactive ketones (excluding diaryl/α,β-unsaturated/α-hetero) is 1. The summed E-state index contributed by atoms with van der Waals surface area (Å²) in [4.78, 5) is 11.3. The fourth-order valence-electron chi connectivity index (χ4n) is 1.27. The predicted octanol–water partition coefficient (Wildman–Crippen LogP) is 3.54. The van der Waals surface area contributed by atoms with Crippen molar-refractivity contribution in [1.82, 2.24) is 0 Å². The lowest BCUT2D eigenvalue weighted by atomic mass is 10.1. The van der Waals surface area contributed by atoms with Gasteiger partial charge in [0.25, 0.3) is 0 Å². The van der Waals surface area contributed by atoms with Gasteiger partial charge < -0.3 is 4.74 Å². The van der Waals surface area contributed by atoms with Crippen molar-refractivity contribution in [3.63, 3.8) is 0 Å². The number of ketones is 1. The van der Waals surface area contributed by atoms with Gasteiger partial charge in [-0.2, -0.15) is 0 Å². The summed E-state index contributed by atoms with van der Waals surface area (Å²) < 4.78 is 5.35. The molecule has 0 aliphatic carbocycles. The van der Waals surface area contributed by atoms with Crippen molar-refractivity contribution >= 4 is 28.4 Å². The summed E-state index contributed by atoms with van der Waals surface area (Å²) in [5, 5.41) is 0. The second-order valence-corrected chi connectivity index (χ2v) is 4.84. The van der Waals surface area contributed by atoms with Gasteiger partial charge in [0, 0.05) is 16.8 Å². The summed E-state index contributed by atoms with van der Waals surface area (Å²) in [6.45, 7) is 1.90. The maximum atomic E-state index is 11.3. The Morgan fingerprint density at radius 3 is 2.47 bits per heavy atom. The smallest absolute Gasteiger partial charge is 0.134 e. The summed E-state index contributed by atoms with van der Waals surface area (Å²) in [6, 6.07) is 7.88. The Hall–Kier alpha value is -0.580. The lowest BCUT2D eigenvalue weighted by Crippen LogP contribution is -2.00. The summed E-state index contributed by atoms with van der Waals surface area (Å²) in [6.07, 6.45) is 1.24. The number of halogens is 1. The molecule has 0 radical (unpaired) electrons. The second-order valence-electron chi connectivity index (χ2n) is 3.34. The highest BCUT2D eigenvalue weighted by Crippen LogP contribution is 2.28. The van der Waals surface area contributed by atoms with Crippen LogP contribution in [0.4, 0.5) is 0 Å². The fourth-order valence-corrected chi connectivity index (χ4v) is 2.18. The van der Waals surface area contributed by atoms with Crippen LogP contribution in [0.1, 0.15) is 29.3 Å². The van der Waals surface area contributed by atoms with E-state index in [0.717, 1.165) is 5.75 Å². The Balaban J connectivity index is 2.65. The second kappa shape index (κ2) is 6.10. The maximum absolute atomic E-state index is 11.3. The zero-order chi connectivity index (χ0) is 11.3. The lowest BCUT2D eigenvalue weighted by molar-refractivity contribution is -0.118. The molecule has 0 amide bonds. The Bertz CT molecular complexity index is 319. The first-order valence-corrected chi connectivity index (χ1v) is 6.21. The summed E-state index contributed by atoms with van der Waals surface area (Å²) in [5.74, 6) is 1.16. The number of methoxy groups -OCH3 is 1. The summed E-state index contributed by atoms with van der Waals surface area (Å²) in [7, 11) is 1.65. The first-order valence-electron chi connectivity index (χ1n) is 4.97. The van der Waals surface area contributed by atoms with E-state index in [1.165, 1.54) is 5.56 Å². The van der Waals surface area contributed by atoms with Crippen LogP contribution in [0.5, 0.6) is 5.75 Å². The molecule has 0 heterocycles. The van der Waals surface area contributed by atoms with Gasteiger partial charge in [0.15, 0.2) is 0 Å². The van der Waals surface area contributed by atoms with E-state index in [1.54, 1.807) is 7.11 Å². The molecule has 1 aromatic rings. The monoisotopic (exact) mass is 318 g/mol. The van der Waals surface area contributed by atoms with Crippen molar-refractivity contribution in [2.75, 3.05) is 7.11 Å². The zero-order valence-electron chi connectivity index (χ0n) is 9.00. The van der Waals surface area contributed by atoms with Gasteiger partial charge in [0.1, 0.15) is 11.5 Å². The molecule has 1 unspecified atom stereocenters. The van der Waals surface area contributed by atoms with E-state index < -0.39 is 0 Å². The Kier molecular flexibility index (Phi) is 5.08. The van der Waals surface area contributed by atoms with Gasteiger partial charge in [-0.05, 0) is 17.7 Å². The van der Waals surface area contributed by atoms with Crippen molar-refractivity contribution < 1.29 is 9.53 Å². The van der Waals surface area contributed by atoms with Gasteiger partial charge in [-0.25, -0.2) is 0 Å². The van der Waals surface area contributed by atoms with Crippen molar-refractivity contribution in [2.45, 2.75) is 23.7 Å². The van der Waals surface area contributed by atoms with Crippen LogP contribution in [0, 0.1) is 0 Å². The molecule has 1 rings (SSSR count). The number of alkyl halides is 1. The molecule has 0 fully saturated rings. The quantitative estimate of drug-likeness (QED) is 0.613. The van der Waals surface area contributed by atoms with Crippen LogP contribution < -0.4 is 4.74 Å². The number of carbonyl (C=O) groups is 1. The molecule has 1 atom stereocenters. The minimum absolute atomic E-state index is 0.265. The SMILES string of the molecule is CCC(=O)CC(I)c1ccc(OC)cc1. The topological polar surface area (TPSA) is 26.3 Å². The third-order valence-corrected chi connectivity index (χ3v) is 3.44. The molecule has 0 N–H and O–H groups in total. The molecule has 0 aromatic heterocycles. The molecule has 1 aromatic carbocycles. The third kappa shape index (κ3) is 3.81. The third-order valence-electron chi connectivity index (χ3n) is 2.28. The molecule has 2 nitrogen and oxygen atoms in total. The average Bonchev–Trinajstić information content (AvgIpc) is 2.29. The van der Waals surface area contributed by atoms with E-state index >= 15 is 0 Å². The number of rotatable bonds is 5. The lowest BCUT2D eigenvalue weighted by Gasteiger charge is -2.09. The van der Waals surface area contributed by atoms with Crippen LogP contribution in [0.25, 0.3) is 0 Å². The highest BCUT2D eigenvalue weighted by Gasteiger charge is 2.11. The zero-order valence-corrected chi connectivity index (χ0v) is 11.2. The molecular formula is C12H15IO2. The predicted molar refractivity (Wildman–Crippen MR) is 69.7 cm³/mol. The normalized spacial score (nSPS) is 12.2. The highest BCUT2D eigenvalue weighted by atomic mass is 127. The van der Waals surface area contributed by atoms with Gasteiger partial charge in [-0.15, -0.1) is 0 Å². The summed E-state index contributed by atoms with van der Waals surface area (Å²) >= 11 is 2.31. The first kappa shape index (κ1) is 12.5. The van der Waals surface area contributed by atoms with Crippen LogP contribution in [-0.2, 0) is 4.79 Å². The first-order chi connectivity index (χ1) is 7.17. The van der Waals surface area contributed by atoms with Gasteiger partial charge in [-0.3, -0.25) is 4.79 Å². The van der Waals surface area contributed by atoms with E-state index in [1.807, 2.05) is 31.2 Å². The number of ether oxygens (including phenoxy) is 1. The van der Waals surface area contributed by atoms with Crippen LogP contribution >= 0.6 is 22.6 Å². The van der Waals surface area contributed by atoms with Gasteiger partial charge in [0.05, 0.1) is 7.11 Å². The largest absolute Gasteiger partial charge is 0.497 e. The van der Waals surface area contributed by atoms with Gasteiger partial charge in [-0.1, -0.05) is 41.6 Å². The van der Waals surface area contributed by atoms with Crippen molar-refractivity contribution in [2.24, 2.45) is 0 Å². The number of hydrogen-bond acceptors (Lipinski definition) is 2. The minimum atomic E-state index is 0.265. The molecular weight excluding hydrogens is 303 g/mol. The number of carbonyl (C=O) groups excluding carboxylic acids is 1. The molecule has 0 bridgehead atoms. The molecule has 0 saturated carbocycles. The standard InChI is InChI=1S/C12H15IO2/c1-3-10(14)8-12(13)9-4-6-11(15-2)7-5-9/h4-7,12H,3,8H2,1-2H3. The number of hydrogen-bond donors (Lipinski definition) is 0. The van der Waals surface area contributed by atoms with Crippen LogP contribution in [0.2, 0.25) is 0 Å². The molecule has 3 heteroatoms. The maximum Gasteiger partial charge on any atom is 0.134 e. The molecule has 0 saturated heterocycles. The Morgan fingerprint density at radius 2 is 2.00 bits per heavy atom. The van der Waals surface area contributed by atoms with E-state index in [9.17, 15) is 4.79 Å². The Morgan fingerprint density at radius 1 is 1.40 bits per heavy atom. The molecule has 82 valence electrons. The van der Waals surface area contributed by atoms with E-state index in [2.05, 4.69) is 22.6 Å². The average molecular weight is 318 g/mol. The van der Waals surface area contributed by atoms with E-state index in [-0.39, 0.29) is 3.92 Å². The molecule has 15 heavy (non-hydrogen) atoms. The fraction of sp³-hybridized carbons (Fsp3) is 0.417. The van der Waals surface area contributed by atoms with Gasteiger partial charge in [0.2, 0.25) is 0 Å². The van der Waals surface area contributed by atoms with Crippen molar-refractivity contribution in [3.8, 4) is 5.75 Å². The van der Waals surface area contributed by atoms with Crippen LogP contribution in [0.3, 0.4) is 0 Å². The van der Waals surface area contributed by atoms with Crippen molar-refractivity contribution in [3.05, 3.63) is 29.8 Å². The molecule has 0 aliphatic heterocycles. The van der Waals surface area contributed by atoms with Crippen LogP contribution in [-0.4, -0.2) is 12.9 Å². The van der Waals surface area contributed by atoms with E-state index in [0.29, 0.717) is 18.6 Å².